The number of nitrogens with one attached hydrogen (secondary N) is 1. The van der Waals surface area contributed by atoms with Gasteiger partial charge in [0.25, 0.3) is 0 Å². The highest BCUT2D eigenvalue weighted by molar-refractivity contribution is 5.25. The lowest BCUT2D eigenvalue weighted by atomic mass is 9.94. The van der Waals surface area contributed by atoms with Gasteiger partial charge in [0.1, 0.15) is 12.2 Å². The molecule has 0 saturated heterocycles. The smallest absolute Gasteiger partial charge is 0.138 e. The molecular weight excluding hydrogens is 260 g/mol. The van der Waals surface area contributed by atoms with E-state index in [0.717, 1.165) is 25.3 Å². The van der Waals surface area contributed by atoms with Crippen molar-refractivity contribution in [3.8, 4) is 0 Å². The Kier molecular flexibility index (Phi) is 5.51. The Morgan fingerprint density at radius 3 is 2.43 bits per heavy atom. The second-order valence-corrected chi connectivity index (χ2v) is 6.16. The highest BCUT2D eigenvalue weighted by Gasteiger charge is 2.15. The van der Waals surface area contributed by atoms with Crippen molar-refractivity contribution in [1.82, 2.24) is 20.1 Å². The molecular formula is C17H26N4. The lowest BCUT2D eigenvalue weighted by Crippen LogP contribution is -2.27. The number of aryl methyl sites for hydroxylation is 2. The topological polar surface area (TPSA) is 42.7 Å². The summed E-state index contributed by atoms with van der Waals surface area (Å²) in [5.74, 6) is 2.12. The Labute approximate surface area is 127 Å². The fourth-order valence-electron chi connectivity index (χ4n) is 2.42. The van der Waals surface area contributed by atoms with Gasteiger partial charge in [-0.1, -0.05) is 43.7 Å². The zero-order valence-corrected chi connectivity index (χ0v) is 13.5. The molecule has 0 saturated carbocycles. The quantitative estimate of drug-likeness (QED) is 0.851. The average Bonchev–Trinajstić information content (AvgIpc) is 2.84. The minimum absolute atomic E-state index is 0.423. The van der Waals surface area contributed by atoms with Gasteiger partial charge in [0.05, 0.1) is 0 Å². The van der Waals surface area contributed by atoms with Crippen LogP contribution in [0.4, 0.5) is 0 Å². The van der Waals surface area contributed by atoms with Crippen LogP contribution in [0.5, 0.6) is 0 Å². The lowest BCUT2D eigenvalue weighted by Gasteiger charge is -2.19. The first-order chi connectivity index (χ1) is 10.1. The highest BCUT2D eigenvalue weighted by atomic mass is 15.3. The zero-order chi connectivity index (χ0) is 15.2. The molecule has 1 atom stereocenters. The van der Waals surface area contributed by atoms with Gasteiger partial charge in [-0.05, 0) is 24.9 Å². The van der Waals surface area contributed by atoms with Gasteiger partial charge >= 0.3 is 0 Å². The molecule has 0 amide bonds. The Morgan fingerprint density at radius 1 is 1.14 bits per heavy atom. The van der Waals surface area contributed by atoms with Crippen LogP contribution in [-0.2, 0) is 13.5 Å². The van der Waals surface area contributed by atoms with Crippen molar-refractivity contribution in [3.05, 3.63) is 47.5 Å². The van der Waals surface area contributed by atoms with Crippen LogP contribution in [-0.4, -0.2) is 27.9 Å². The molecule has 0 aliphatic heterocycles. The summed E-state index contributed by atoms with van der Waals surface area (Å²) < 4.78 is 1.86. The number of benzene rings is 1. The summed E-state index contributed by atoms with van der Waals surface area (Å²) in [6.07, 6.45) is 2.54. The summed E-state index contributed by atoms with van der Waals surface area (Å²) in [7, 11) is 1.95. The zero-order valence-electron chi connectivity index (χ0n) is 13.5. The predicted octanol–water partition coefficient (Wildman–Crippen LogP) is 2.70. The molecule has 2 rings (SSSR count). The third kappa shape index (κ3) is 4.67. The normalized spacial score (nSPS) is 12.8. The maximum Gasteiger partial charge on any atom is 0.138 e. The second-order valence-electron chi connectivity index (χ2n) is 6.16. The molecule has 0 spiro atoms. The van der Waals surface area contributed by atoms with Crippen LogP contribution in [0.3, 0.4) is 0 Å². The van der Waals surface area contributed by atoms with Crippen LogP contribution in [0, 0.1) is 12.8 Å². The van der Waals surface area contributed by atoms with Gasteiger partial charge < -0.3 is 5.32 Å². The fraction of sp³-hybridized carbons (Fsp3) is 0.529. The summed E-state index contributed by atoms with van der Waals surface area (Å²) in [5.41, 5.74) is 2.66. The summed E-state index contributed by atoms with van der Waals surface area (Å²) in [6.45, 7) is 8.60. The molecule has 1 N–H and O–H groups in total. The van der Waals surface area contributed by atoms with Crippen LogP contribution >= 0.6 is 0 Å². The number of nitrogens with zero attached hydrogens (tertiary/aromatic N) is 3. The fourth-order valence-corrected chi connectivity index (χ4v) is 2.42. The second kappa shape index (κ2) is 7.36. The lowest BCUT2D eigenvalue weighted by molar-refractivity contribution is 0.504. The van der Waals surface area contributed by atoms with E-state index in [2.05, 4.69) is 60.4 Å². The van der Waals surface area contributed by atoms with Crippen LogP contribution < -0.4 is 5.32 Å². The highest BCUT2D eigenvalue weighted by Crippen LogP contribution is 2.20. The molecule has 1 aromatic heterocycles. The largest absolute Gasteiger partial charge is 0.316 e. The van der Waals surface area contributed by atoms with Gasteiger partial charge in [-0.25, -0.2) is 4.98 Å². The molecule has 0 radical (unpaired) electrons. The first-order valence-electron chi connectivity index (χ1n) is 7.66. The maximum absolute atomic E-state index is 4.37. The van der Waals surface area contributed by atoms with Crippen LogP contribution in [0.25, 0.3) is 0 Å². The van der Waals surface area contributed by atoms with E-state index in [0.29, 0.717) is 11.8 Å². The molecule has 0 bridgehead atoms. The summed E-state index contributed by atoms with van der Waals surface area (Å²) in [6, 6.07) is 8.82. The number of aromatic nitrogens is 3. The molecule has 0 aliphatic rings. The molecule has 114 valence electrons. The van der Waals surface area contributed by atoms with E-state index >= 15 is 0 Å². The minimum atomic E-state index is 0.423. The molecule has 2 aromatic rings. The Balaban J connectivity index is 2.09. The Bertz CT molecular complexity index is 542. The molecule has 0 fully saturated rings. The van der Waals surface area contributed by atoms with Crippen molar-refractivity contribution in [3.63, 3.8) is 0 Å². The Morgan fingerprint density at radius 2 is 1.86 bits per heavy atom. The van der Waals surface area contributed by atoms with Crippen LogP contribution in [0.1, 0.15) is 36.7 Å². The van der Waals surface area contributed by atoms with E-state index in [-0.39, 0.29) is 0 Å². The van der Waals surface area contributed by atoms with Crippen molar-refractivity contribution in [1.29, 1.82) is 0 Å². The number of hydrogen-bond acceptors (Lipinski definition) is 3. The van der Waals surface area contributed by atoms with E-state index in [4.69, 9.17) is 0 Å². The molecule has 1 aromatic carbocycles. The van der Waals surface area contributed by atoms with Gasteiger partial charge in [0.2, 0.25) is 0 Å². The van der Waals surface area contributed by atoms with Crippen LogP contribution in [0.2, 0.25) is 0 Å². The molecule has 0 aliphatic carbocycles. The van der Waals surface area contributed by atoms with Gasteiger partial charge in [-0.3, -0.25) is 4.68 Å². The van der Waals surface area contributed by atoms with Crippen LogP contribution in [0.15, 0.2) is 30.6 Å². The van der Waals surface area contributed by atoms with Crippen molar-refractivity contribution < 1.29 is 0 Å². The molecule has 4 nitrogen and oxygen atoms in total. The van der Waals surface area contributed by atoms with Crippen molar-refractivity contribution in [2.75, 3.05) is 13.1 Å². The van der Waals surface area contributed by atoms with E-state index in [9.17, 15) is 0 Å². The van der Waals surface area contributed by atoms with Gasteiger partial charge in [-0.15, -0.1) is 0 Å². The van der Waals surface area contributed by atoms with Gasteiger partial charge in [-0.2, -0.15) is 5.10 Å². The van der Waals surface area contributed by atoms with Crippen molar-refractivity contribution in [2.24, 2.45) is 13.0 Å². The van der Waals surface area contributed by atoms with Gasteiger partial charge in [0, 0.05) is 25.9 Å². The number of hydrogen-bond donors (Lipinski definition) is 1. The third-order valence-corrected chi connectivity index (χ3v) is 3.73. The first-order valence-corrected chi connectivity index (χ1v) is 7.66. The Hall–Kier alpha value is -1.68. The monoisotopic (exact) mass is 286 g/mol. The first kappa shape index (κ1) is 15.7. The molecule has 1 unspecified atom stereocenters. The number of rotatable bonds is 7. The van der Waals surface area contributed by atoms with E-state index in [1.54, 1.807) is 6.33 Å². The van der Waals surface area contributed by atoms with E-state index < -0.39 is 0 Å². The predicted molar refractivity (Wildman–Crippen MR) is 86.3 cm³/mol. The molecule has 1 heterocycles. The molecule has 4 heteroatoms. The minimum Gasteiger partial charge on any atom is -0.316 e. The molecule has 21 heavy (non-hydrogen) atoms. The van der Waals surface area contributed by atoms with Gasteiger partial charge in [0.15, 0.2) is 0 Å². The van der Waals surface area contributed by atoms with Crippen molar-refractivity contribution in [2.45, 2.75) is 33.1 Å². The summed E-state index contributed by atoms with van der Waals surface area (Å²) >= 11 is 0. The maximum atomic E-state index is 4.37. The van der Waals surface area contributed by atoms with Crippen molar-refractivity contribution >= 4 is 0 Å². The summed E-state index contributed by atoms with van der Waals surface area (Å²) in [4.78, 5) is 4.37. The SMILES string of the molecule is Cc1ccc(C(CNCC(C)C)Cc2ncnn2C)cc1. The third-order valence-electron chi connectivity index (χ3n) is 3.73. The van der Waals surface area contributed by atoms with E-state index in [1.807, 2.05) is 11.7 Å². The average molecular weight is 286 g/mol. The standard InChI is InChI=1S/C17H26N4/c1-13(2)10-18-11-16(9-17-19-12-20-21(17)4)15-7-5-14(3)6-8-15/h5-8,12-13,16,18H,9-11H2,1-4H3. The van der Waals surface area contributed by atoms with E-state index in [1.165, 1.54) is 11.1 Å². The summed E-state index contributed by atoms with van der Waals surface area (Å²) in [5, 5.41) is 7.74.